The van der Waals surface area contributed by atoms with Gasteiger partial charge in [0, 0.05) is 17.0 Å². The SMILES string of the molecule is CCCc1cc(=O)oc2c(C)c(O[C@H](C)C(=O)NCC(=O)O)ccc12. The summed E-state index contributed by atoms with van der Waals surface area (Å²) in [7, 11) is 0. The van der Waals surface area contributed by atoms with Gasteiger partial charge in [0.05, 0.1) is 0 Å². The zero-order valence-electron chi connectivity index (χ0n) is 14.4. The molecule has 2 N–H and O–H groups in total. The third-order valence-electron chi connectivity index (χ3n) is 3.80. The highest BCUT2D eigenvalue weighted by Gasteiger charge is 2.18. The van der Waals surface area contributed by atoms with Crippen LogP contribution < -0.4 is 15.7 Å². The summed E-state index contributed by atoms with van der Waals surface area (Å²) in [4.78, 5) is 34.1. The van der Waals surface area contributed by atoms with Crippen LogP contribution in [-0.4, -0.2) is 29.6 Å². The van der Waals surface area contributed by atoms with E-state index in [1.165, 1.54) is 13.0 Å². The van der Waals surface area contributed by atoms with Crippen molar-refractivity contribution in [1.29, 1.82) is 0 Å². The molecule has 0 aliphatic rings. The normalized spacial score (nSPS) is 12.0. The number of hydrogen-bond donors (Lipinski definition) is 2. The van der Waals surface area contributed by atoms with Gasteiger partial charge in [-0.15, -0.1) is 0 Å². The number of ether oxygens (including phenoxy) is 1. The Balaban J connectivity index is 2.31. The van der Waals surface area contributed by atoms with Gasteiger partial charge in [0.2, 0.25) is 0 Å². The first-order valence-corrected chi connectivity index (χ1v) is 8.06. The molecule has 7 nitrogen and oxygen atoms in total. The van der Waals surface area contributed by atoms with Gasteiger partial charge in [0.15, 0.2) is 6.10 Å². The number of carbonyl (C=O) groups excluding carboxylic acids is 1. The van der Waals surface area contributed by atoms with Crippen LogP contribution in [0.15, 0.2) is 27.4 Å². The van der Waals surface area contributed by atoms with Crippen LogP contribution >= 0.6 is 0 Å². The number of rotatable bonds is 7. The first-order chi connectivity index (χ1) is 11.8. The minimum absolute atomic E-state index is 0.405. The molecule has 2 rings (SSSR count). The molecule has 0 spiro atoms. The van der Waals surface area contributed by atoms with Gasteiger partial charge in [-0.1, -0.05) is 13.3 Å². The lowest BCUT2D eigenvalue weighted by molar-refractivity contribution is -0.139. The molecule has 0 aliphatic heterocycles. The highest BCUT2D eigenvalue weighted by Crippen LogP contribution is 2.29. The van der Waals surface area contributed by atoms with Gasteiger partial charge in [-0.05, 0) is 38.0 Å². The van der Waals surface area contributed by atoms with Gasteiger partial charge >= 0.3 is 11.6 Å². The lowest BCUT2D eigenvalue weighted by Gasteiger charge is -2.17. The Morgan fingerprint density at radius 2 is 2.08 bits per heavy atom. The minimum Gasteiger partial charge on any atom is -0.480 e. The Morgan fingerprint density at radius 1 is 1.36 bits per heavy atom. The van der Waals surface area contributed by atoms with Crippen LogP contribution in [0.1, 0.15) is 31.4 Å². The smallest absolute Gasteiger partial charge is 0.336 e. The van der Waals surface area contributed by atoms with E-state index in [0.29, 0.717) is 16.9 Å². The lowest BCUT2D eigenvalue weighted by Crippen LogP contribution is -2.39. The fourth-order valence-electron chi connectivity index (χ4n) is 2.56. The molecule has 0 unspecified atom stereocenters. The third kappa shape index (κ3) is 4.37. The molecule has 0 fully saturated rings. The van der Waals surface area contributed by atoms with E-state index in [2.05, 4.69) is 5.32 Å². The van der Waals surface area contributed by atoms with Crippen molar-refractivity contribution in [2.45, 2.75) is 39.7 Å². The van der Waals surface area contributed by atoms with E-state index in [1.54, 1.807) is 19.1 Å². The lowest BCUT2D eigenvalue weighted by atomic mass is 10.0. The molecular weight excluding hydrogens is 326 g/mol. The molecule has 0 saturated heterocycles. The summed E-state index contributed by atoms with van der Waals surface area (Å²) in [5.74, 6) is -1.27. The largest absolute Gasteiger partial charge is 0.480 e. The summed E-state index contributed by atoms with van der Waals surface area (Å²) in [5.41, 5.74) is 1.54. The average Bonchev–Trinajstić information content (AvgIpc) is 2.55. The maximum Gasteiger partial charge on any atom is 0.336 e. The molecule has 134 valence electrons. The number of benzene rings is 1. The molecule has 1 aromatic carbocycles. The average molecular weight is 347 g/mol. The van der Waals surface area contributed by atoms with Crippen molar-refractivity contribution in [2.75, 3.05) is 6.54 Å². The van der Waals surface area contributed by atoms with Crippen LogP contribution in [-0.2, 0) is 16.0 Å². The summed E-state index contributed by atoms with van der Waals surface area (Å²) in [6.07, 6.45) is 0.771. The molecule has 0 saturated carbocycles. The second kappa shape index (κ2) is 7.83. The first kappa shape index (κ1) is 18.5. The summed E-state index contributed by atoms with van der Waals surface area (Å²) in [5, 5.41) is 11.7. The predicted octanol–water partition coefficient (Wildman–Crippen LogP) is 2.02. The molecule has 1 aromatic heterocycles. The molecule has 25 heavy (non-hydrogen) atoms. The van der Waals surface area contributed by atoms with Crippen LogP contribution in [0.5, 0.6) is 5.75 Å². The van der Waals surface area contributed by atoms with Crippen LogP contribution in [0.3, 0.4) is 0 Å². The fraction of sp³-hybridized carbons (Fsp3) is 0.389. The van der Waals surface area contributed by atoms with E-state index >= 15 is 0 Å². The Bertz CT molecular complexity index is 855. The molecule has 0 bridgehead atoms. The Labute approximate surface area is 144 Å². The van der Waals surface area contributed by atoms with Gasteiger partial charge < -0.3 is 19.6 Å². The minimum atomic E-state index is -1.13. The van der Waals surface area contributed by atoms with E-state index in [1.807, 2.05) is 6.92 Å². The number of carboxylic acid groups (broad SMARTS) is 1. The number of aryl methyl sites for hydroxylation is 2. The van der Waals surface area contributed by atoms with Crippen LogP contribution in [0, 0.1) is 6.92 Å². The number of aliphatic carboxylic acids is 1. The maximum atomic E-state index is 11.8. The quantitative estimate of drug-likeness (QED) is 0.742. The molecule has 1 heterocycles. The number of nitrogens with one attached hydrogen (secondary N) is 1. The second-order valence-corrected chi connectivity index (χ2v) is 5.78. The monoisotopic (exact) mass is 347 g/mol. The first-order valence-electron chi connectivity index (χ1n) is 8.06. The zero-order valence-corrected chi connectivity index (χ0v) is 14.4. The van der Waals surface area contributed by atoms with E-state index in [0.717, 1.165) is 23.8 Å². The Morgan fingerprint density at radius 3 is 2.72 bits per heavy atom. The molecule has 7 heteroatoms. The van der Waals surface area contributed by atoms with Gasteiger partial charge in [-0.25, -0.2) is 4.79 Å². The number of amides is 1. The van der Waals surface area contributed by atoms with Crippen molar-refractivity contribution < 1.29 is 23.8 Å². The zero-order chi connectivity index (χ0) is 18.6. The Hall–Kier alpha value is -2.83. The number of fused-ring (bicyclic) bond motifs is 1. The highest BCUT2D eigenvalue weighted by atomic mass is 16.5. The van der Waals surface area contributed by atoms with E-state index in [-0.39, 0.29) is 0 Å². The third-order valence-corrected chi connectivity index (χ3v) is 3.80. The van der Waals surface area contributed by atoms with Crippen LogP contribution in [0.2, 0.25) is 0 Å². The second-order valence-electron chi connectivity index (χ2n) is 5.78. The van der Waals surface area contributed by atoms with E-state index in [9.17, 15) is 14.4 Å². The van der Waals surface area contributed by atoms with Gasteiger partial charge in [0.1, 0.15) is 17.9 Å². The molecule has 2 aromatic rings. The van der Waals surface area contributed by atoms with Gasteiger partial charge in [-0.2, -0.15) is 0 Å². The van der Waals surface area contributed by atoms with Crippen molar-refractivity contribution in [3.63, 3.8) is 0 Å². The van der Waals surface area contributed by atoms with Gasteiger partial charge in [-0.3, -0.25) is 9.59 Å². The fourth-order valence-corrected chi connectivity index (χ4v) is 2.56. The summed E-state index contributed by atoms with van der Waals surface area (Å²) in [6, 6.07) is 5.01. The van der Waals surface area contributed by atoms with Gasteiger partial charge in [0.25, 0.3) is 5.91 Å². The van der Waals surface area contributed by atoms with Crippen LogP contribution in [0.25, 0.3) is 11.0 Å². The summed E-state index contributed by atoms with van der Waals surface area (Å²) >= 11 is 0. The molecule has 0 aliphatic carbocycles. The van der Waals surface area contributed by atoms with Crippen LogP contribution in [0.4, 0.5) is 0 Å². The maximum absolute atomic E-state index is 11.8. The van der Waals surface area contributed by atoms with E-state index in [4.69, 9.17) is 14.3 Å². The van der Waals surface area contributed by atoms with Crippen molar-refractivity contribution >= 4 is 22.8 Å². The molecular formula is C18H21NO6. The number of carbonyl (C=O) groups is 2. The van der Waals surface area contributed by atoms with Crippen molar-refractivity contribution in [3.8, 4) is 5.75 Å². The Kier molecular flexibility index (Phi) is 5.80. The highest BCUT2D eigenvalue weighted by molar-refractivity contribution is 5.86. The van der Waals surface area contributed by atoms with Crippen molar-refractivity contribution in [3.05, 3.63) is 39.7 Å². The van der Waals surface area contributed by atoms with Crippen molar-refractivity contribution in [1.82, 2.24) is 5.32 Å². The van der Waals surface area contributed by atoms with Crippen molar-refractivity contribution in [2.24, 2.45) is 0 Å². The predicted molar refractivity (Wildman–Crippen MR) is 92.0 cm³/mol. The van der Waals surface area contributed by atoms with E-state index < -0.39 is 30.2 Å². The molecule has 0 radical (unpaired) electrons. The topological polar surface area (TPSA) is 106 Å². The summed E-state index contributed by atoms with van der Waals surface area (Å²) < 4.78 is 10.9. The summed E-state index contributed by atoms with van der Waals surface area (Å²) in [6.45, 7) is 4.82. The number of hydrogen-bond acceptors (Lipinski definition) is 5. The molecule has 1 atom stereocenters. The standard InChI is InChI=1S/C18H21NO6/c1-4-5-12-8-16(22)25-17-10(2)14(7-6-13(12)17)24-11(3)18(23)19-9-15(20)21/h6-8,11H,4-5,9H2,1-3H3,(H,19,23)(H,20,21)/t11-/m1/s1. The molecule has 1 amide bonds. The number of carboxylic acids is 1.